The number of esters is 2. The Morgan fingerprint density at radius 2 is 1.88 bits per heavy atom. The highest BCUT2D eigenvalue weighted by Gasteiger charge is 2.27. The van der Waals surface area contributed by atoms with Crippen LogP contribution < -0.4 is 5.73 Å². The van der Waals surface area contributed by atoms with E-state index in [0.29, 0.717) is 15.6 Å². The minimum Gasteiger partial charge on any atom is -0.465 e. The summed E-state index contributed by atoms with van der Waals surface area (Å²) in [4.78, 5) is 25.0. The summed E-state index contributed by atoms with van der Waals surface area (Å²) in [5.41, 5.74) is 6.52. The second-order valence-electron chi connectivity index (χ2n) is 4.50. The highest BCUT2D eigenvalue weighted by atomic mass is 35.5. The molecule has 0 aliphatic carbocycles. The van der Waals surface area contributed by atoms with Crippen LogP contribution in [0.5, 0.6) is 0 Å². The second-order valence-corrected chi connectivity index (χ2v) is 7.41. The molecule has 0 radical (unpaired) electrons. The minimum atomic E-state index is -0.605. The fraction of sp³-hybridized carbons (Fsp3) is 0.200. The third kappa shape index (κ3) is 3.97. The van der Waals surface area contributed by atoms with Gasteiger partial charge in [-0.05, 0) is 18.2 Å². The Bertz CT molecular complexity index is 792. The minimum absolute atomic E-state index is 0.175. The van der Waals surface area contributed by atoms with Crippen molar-refractivity contribution in [3.63, 3.8) is 0 Å². The Morgan fingerprint density at radius 3 is 2.50 bits per heavy atom. The van der Waals surface area contributed by atoms with Crippen LogP contribution >= 0.6 is 46.3 Å². The van der Waals surface area contributed by atoms with Gasteiger partial charge in [0.1, 0.15) is 9.88 Å². The predicted octanol–water partition coefficient (Wildman–Crippen LogP) is 4.50. The van der Waals surface area contributed by atoms with Crippen LogP contribution in [0.2, 0.25) is 10.0 Å². The molecule has 0 spiro atoms. The van der Waals surface area contributed by atoms with Gasteiger partial charge < -0.3 is 15.2 Å². The zero-order valence-corrected chi connectivity index (χ0v) is 15.9. The van der Waals surface area contributed by atoms with Gasteiger partial charge in [0, 0.05) is 21.2 Å². The molecule has 1 heterocycles. The molecule has 0 atom stereocenters. The first kappa shape index (κ1) is 18.9. The van der Waals surface area contributed by atoms with Gasteiger partial charge in [0.05, 0.1) is 24.8 Å². The summed E-state index contributed by atoms with van der Waals surface area (Å²) in [6, 6.07) is 5.06. The van der Waals surface area contributed by atoms with Crippen LogP contribution in [-0.4, -0.2) is 26.2 Å². The van der Waals surface area contributed by atoms with Crippen molar-refractivity contribution >= 4 is 63.2 Å². The molecule has 128 valence electrons. The first-order chi connectivity index (χ1) is 11.4. The lowest BCUT2D eigenvalue weighted by atomic mass is 10.1. The van der Waals surface area contributed by atoms with Crippen LogP contribution in [0.1, 0.15) is 25.6 Å². The molecule has 0 saturated carbocycles. The van der Waals surface area contributed by atoms with E-state index in [-0.39, 0.29) is 21.2 Å². The lowest BCUT2D eigenvalue weighted by molar-refractivity contribution is 0.0601. The largest absolute Gasteiger partial charge is 0.465 e. The molecular formula is C15H13Cl2NO4S2. The number of thioether (sulfide) groups is 1. The molecule has 5 nitrogen and oxygen atoms in total. The van der Waals surface area contributed by atoms with Gasteiger partial charge >= 0.3 is 11.9 Å². The third-order valence-electron chi connectivity index (χ3n) is 3.06. The molecule has 0 aliphatic rings. The maximum Gasteiger partial charge on any atom is 0.348 e. The van der Waals surface area contributed by atoms with Crippen molar-refractivity contribution in [2.45, 2.75) is 10.6 Å². The summed E-state index contributed by atoms with van der Waals surface area (Å²) in [5, 5.41) is 1.26. The molecule has 9 heteroatoms. The quantitative estimate of drug-likeness (QED) is 0.582. The highest BCUT2D eigenvalue weighted by molar-refractivity contribution is 7.98. The summed E-state index contributed by atoms with van der Waals surface area (Å²) in [6.45, 7) is 0. The second kappa shape index (κ2) is 8.11. The smallest absolute Gasteiger partial charge is 0.348 e. The van der Waals surface area contributed by atoms with Crippen molar-refractivity contribution in [3.8, 4) is 0 Å². The van der Waals surface area contributed by atoms with Crippen LogP contribution in [0.4, 0.5) is 5.00 Å². The number of benzene rings is 1. The van der Waals surface area contributed by atoms with Gasteiger partial charge in [-0.25, -0.2) is 9.59 Å². The number of carbonyl (C=O) groups excluding carboxylic acids is 2. The summed E-state index contributed by atoms with van der Waals surface area (Å²) >= 11 is 14.4. The molecule has 2 N–H and O–H groups in total. The first-order valence-corrected chi connectivity index (χ1v) is 9.10. The van der Waals surface area contributed by atoms with Crippen LogP contribution in [0, 0.1) is 0 Å². The molecule has 2 aromatic rings. The lowest BCUT2D eigenvalue weighted by Crippen LogP contribution is -2.08. The maximum atomic E-state index is 12.0. The van der Waals surface area contributed by atoms with Gasteiger partial charge in [-0.2, -0.15) is 0 Å². The lowest BCUT2D eigenvalue weighted by Gasteiger charge is -2.08. The van der Waals surface area contributed by atoms with Crippen molar-refractivity contribution in [3.05, 3.63) is 44.2 Å². The number of methoxy groups -OCH3 is 2. The van der Waals surface area contributed by atoms with Crippen molar-refractivity contribution < 1.29 is 19.1 Å². The SMILES string of the molecule is COC(=O)c1sc(N)c(C(=O)OC)c1CSc1cc(Cl)ccc1Cl. The number of nitrogens with two attached hydrogens (primary N) is 1. The summed E-state index contributed by atoms with van der Waals surface area (Å²) in [5.74, 6) is -0.885. The topological polar surface area (TPSA) is 78.6 Å². The van der Waals surface area contributed by atoms with Gasteiger partial charge in [-0.1, -0.05) is 23.2 Å². The van der Waals surface area contributed by atoms with Crippen molar-refractivity contribution in [2.24, 2.45) is 0 Å². The van der Waals surface area contributed by atoms with E-state index < -0.39 is 11.9 Å². The van der Waals surface area contributed by atoms with Crippen molar-refractivity contribution in [1.29, 1.82) is 0 Å². The van der Waals surface area contributed by atoms with Gasteiger partial charge in [-0.3, -0.25) is 0 Å². The number of carbonyl (C=O) groups is 2. The van der Waals surface area contributed by atoms with Crippen LogP contribution in [0.25, 0.3) is 0 Å². The average molecular weight is 406 g/mol. The Morgan fingerprint density at radius 1 is 1.21 bits per heavy atom. The molecule has 0 fully saturated rings. The van der Waals surface area contributed by atoms with E-state index in [0.717, 1.165) is 16.2 Å². The van der Waals surface area contributed by atoms with E-state index in [2.05, 4.69) is 0 Å². The fourth-order valence-corrected chi connectivity index (χ4v) is 4.55. The molecule has 0 saturated heterocycles. The van der Waals surface area contributed by atoms with Gasteiger partial charge in [0.25, 0.3) is 0 Å². The van der Waals surface area contributed by atoms with Gasteiger partial charge in [0.2, 0.25) is 0 Å². The predicted molar refractivity (Wildman–Crippen MR) is 97.4 cm³/mol. The molecule has 0 bridgehead atoms. The maximum absolute atomic E-state index is 12.0. The molecule has 1 aromatic carbocycles. The standard InChI is InChI=1S/C15H13Cl2NO4S2/c1-21-14(19)11-8(12(15(20)22-2)24-13(11)18)6-23-10-5-7(16)3-4-9(10)17/h3-5H,6,18H2,1-2H3. The average Bonchev–Trinajstić information content (AvgIpc) is 2.90. The number of thiophene rings is 1. The summed E-state index contributed by atoms with van der Waals surface area (Å²) < 4.78 is 9.52. The molecule has 0 amide bonds. The highest BCUT2D eigenvalue weighted by Crippen LogP contribution is 2.38. The van der Waals surface area contributed by atoms with Crippen LogP contribution in [0.15, 0.2) is 23.1 Å². The number of anilines is 1. The van der Waals surface area contributed by atoms with Crippen LogP contribution in [0.3, 0.4) is 0 Å². The monoisotopic (exact) mass is 405 g/mol. The third-order valence-corrected chi connectivity index (χ3v) is 5.86. The Hall–Kier alpha value is -1.41. The number of halogens is 2. The molecule has 2 rings (SSSR count). The molecule has 24 heavy (non-hydrogen) atoms. The first-order valence-electron chi connectivity index (χ1n) is 6.54. The number of hydrogen-bond acceptors (Lipinski definition) is 7. The molecule has 0 unspecified atom stereocenters. The molecule has 1 aromatic heterocycles. The Balaban J connectivity index is 2.41. The zero-order chi connectivity index (χ0) is 17.9. The van der Waals surface area contributed by atoms with E-state index in [1.165, 1.54) is 26.0 Å². The van der Waals surface area contributed by atoms with Crippen molar-refractivity contribution in [2.75, 3.05) is 20.0 Å². The van der Waals surface area contributed by atoms with E-state index in [1.54, 1.807) is 18.2 Å². The number of hydrogen-bond donors (Lipinski definition) is 1. The number of ether oxygens (including phenoxy) is 2. The Labute approximate surface area is 157 Å². The molecule has 0 aliphatic heterocycles. The van der Waals surface area contributed by atoms with E-state index in [9.17, 15) is 9.59 Å². The number of rotatable bonds is 5. The number of nitrogen functional groups attached to an aromatic ring is 1. The van der Waals surface area contributed by atoms with E-state index in [4.69, 9.17) is 38.4 Å². The zero-order valence-electron chi connectivity index (χ0n) is 12.7. The van der Waals surface area contributed by atoms with Crippen molar-refractivity contribution in [1.82, 2.24) is 0 Å². The van der Waals surface area contributed by atoms with Gasteiger partial charge in [0.15, 0.2) is 0 Å². The van der Waals surface area contributed by atoms with Gasteiger partial charge in [-0.15, -0.1) is 23.1 Å². The van der Waals surface area contributed by atoms with E-state index in [1.807, 2.05) is 0 Å². The van der Waals surface area contributed by atoms with Crippen LogP contribution in [-0.2, 0) is 15.2 Å². The fourth-order valence-electron chi connectivity index (χ4n) is 1.94. The molecular weight excluding hydrogens is 393 g/mol. The normalized spacial score (nSPS) is 10.5. The van der Waals surface area contributed by atoms with E-state index >= 15 is 0 Å². The summed E-state index contributed by atoms with van der Waals surface area (Å²) in [6.07, 6.45) is 0. The summed E-state index contributed by atoms with van der Waals surface area (Å²) in [7, 11) is 2.52. The Kier molecular flexibility index (Phi) is 6.40.